The number of Topliss-reactive ketones (excluding diaryl/α,β-unsaturated/α-hetero) is 1. The molecule has 3 unspecified atom stereocenters. The van der Waals surface area contributed by atoms with Crippen LogP contribution in [0, 0.1) is 31.6 Å². The van der Waals surface area contributed by atoms with Gasteiger partial charge in [0, 0.05) is 64.2 Å². The van der Waals surface area contributed by atoms with Crippen LogP contribution in [0.5, 0.6) is 0 Å². The zero-order valence-corrected chi connectivity index (χ0v) is 22.5. The van der Waals surface area contributed by atoms with Gasteiger partial charge in [-0.05, 0) is 44.1 Å². The molecule has 2 amide bonds. The van der Waals surface area contributed by atoms with Crippen molar-refractivity contribution in [2.75, 3.05) is 32.7 Å². The maximum Gasteiger partial charge on any atom is 0.347 e. The number of amides is 2. The summed E-state index contributed by atoms with van der Waals surface area (Å²) < 4.78 is 1.44. The molecule has 202 valence electrons. The molecule has 1 saturated carbocycles. The molecular formula is C29H37N5O4. The first-order valence-corrected chi connectivity index (χ1v) is 13.6. The van der Waals surface area contributed by atoms with Crippen LogP contribution < -0.4 is 11.0 Å². The van der Waals surface area contributed by atoms with Crippen LogP contribution >= 0.6 is 0 Å². The van der Waals surface area contributed by atoms with E-state index in [4.69, 9.17) is 0 Å². The maximum atomic E-state index is 13.4. The van der Waals surface area contributed by atoms with Crippen molar-refractivity contribution in [2.24, 2.45) is 24.8 Å². The summed E-state index contributed by atoms with van der Waals surface area (Å²) in [5, 5.41) is 3.23. The van der Waals surface area contributed by atoms with Crippen LogP contribution in [0.3, 0.4) is 0 Å². The van der Waals surface area contributed by atoms with Crippen LogP contribution in [-0.4, -0.2) is 69.7 Å². The Morgan fingerprint density at radius 3 is 2.37 bits per heavy atom. The van der Waals surface area contributed by atoms with Crippen molar-refractivity contribution in [1.29, 1.82) is 0 Å². The van der Waals surface area contributed by atoms with Crippen molar-refractivity contribution in [3.63, 3.8) is 0 Å². The van der Waals surface area contributed by atoms with Gasteiger partial charge in [0.05, 0.1) is 17.3 Å². The third-order valence-electron chi connectivity index (χ3n) is 8.71. The van der Waals surface area contributed by atoms with Gasteiger partial charge in [0.25, 0.3) is 5.91 Å². The zero-order valence-electron chi connectivity index (χ0n) is 22.5. The summed E-state index contributed by atoms with van der Waals surface area (Å²) >= 11 is 0. The molecule has 9 heteroatoms. The number of carbonyl (C=O) groups is 3. The molecule has 9 nitrogen and oxygen atoms in total. The fourth-order valence-electron chi connectivity index (χ4n) is 6.40. The molecule has 0 spiro atoms. The number of hydrogen-bond acceptors (Lipinski definition) is 6. The predicted molar refractivity (Wildman–Crippen MR) is 143 cm³/mol. The van der Waals surface area contributed by atoms with Gasteiger partial charge in [-0.25, -0.2) is 4.79 Å². The van der Waals surface area contributed by atoms with Crippen LogP contribution in [0.25, 0.3) is 0 Å². The highest BCUT2D eigenvalue weighted by molar-refractivity contribution is 5.96. The molecule has 3 fully saturated rings. The lowest BCUT2D eigenvalue weighted by atomic mass is 10.0. The SMILES string of the molecule is Cc1nc(=O)n(C)c(C)c1C(=O)N1CC2CN(CC[C@H](NC(=O)C3CCC(=O)C3)c3ccccc3)CC2C1. The number of nitrogens with one attached hydrogen (secondary N) is 1. The average molecular weight is 520 g/mol. The molecule has 0 bridgehead atoms. The van der Waals surface area contributed by atoms with E-state index < -0.39 is 0 Å². The summed E-state index contributed by atoms with van der Waals surface area (Å²) in [6, 6.07) is 9.95. The van der Waals surface area contributed by atoms with E-state index in [0.29, 0.717) is 61.1 Å². The molecule has 1 aliphatic carbocycles. The Morgan fingerprint density at radius 1 is 1.05 bits per heavy atom. The number of rotatable bonds is 7. The molecular weight excluding hydrogens is 482 g/mol. The largest absolute Gasteiger partial charge is 0.349 e. The van der Waals surface area contributed by atoms with Gasteiger partial charge in [0.1, 0.15) is 5.78 Å². The van der Waals surface area contributed by atoms with Crippen molar-refractivity contribution in [2.45, 2.75) is 45.6 Å². The third-order valence-corrected chi connectivity index (χ3v) is 8.71. The number of fused-ring (bicyclic) bond motifs is 1. The number of ketones is 1. The number of likely N-dealkylation sites (tertiary alicyclic amines) is 2. The van der Waals surface area contributed by atoms with Gasteiger partial charge in [0.15, 0.2) is 0 Å². The minimum absolute atomic E-state index is 0.0179. The van der Waals surface area contributed by atoms with E-state index in [-0.39, 0.29) is 35.2 Å². The third kappa shape index (κ3) is 5.29. The molecule has 2 aromatic rings. The van der Waals surface area contributed by atoms with Gasteiger partial charge in [0.2, 0.25) is 5.91 Å². The van der Waals surface area contributed by atoms with Crippen LogP contribution in [0.2, 0.25) is 0 Å². The highest BCUT2D eigenvalue weighted by Crippen LogP contribution is 2.33. The van der Waals surface area contributed by atoms with E-state index in [0.717, 1.165) is 31.6 Å². The smallest absolute Gasteiger partial charge is 0.347 e. The summed E-state index contributed by atoms with van der Waals surface area (Å²) in [5.41, 5.74) is 2.42. The Balaban J connectivity index is 1.18. The zero-order chi connectivity index (χ0) is 27.0. The summed E-state index contributed by atoms with van der Waals surface area (Å²) in [6.07, 6.45) is 2.29. The maximum absolute atomic E-state index is 13.4. The Morgan fingerprint density at radius 2 is 1.74 bits per heavy atom. The molecule has 0 radical (unpaired) electrons. The summed E-state index contributed by atoms with van der Waals surface area (Å²) in [5.74, 6) is 0.730. The molecule has 3 heterocycles. The van der Waals surface area contributed by atoms with Crippen molar-refractivity contribution in [3.05, 3.63) is 63.3 Å². The number of aryl methyl sites for hydroxylation is 1. The Hall–Kier alpha value is -3.33. The number of nitrogens with zero attached hydrogens (tertiary/aromatic N) is 4. The minimum Gasteiger partial charge on any atom is -0.349 e. The van der Waals surface area contributed by atoms with E-state index in [9.17, 15) is 19.2 Å². The van der Waals surface area contributed by atoms with Gasteiger partial charge in [-0.2, -0.15) is 4.98 Å². The number of aromatic nitrogens is 2. The lowest BCUT2D eigenvalue weighted by Gasteiger charge is -2.26. The first kappa shape index (κ1) is 26.3. The van der Waals surface area contributed by atoms with Crippen LogP contribution in [0.4, 0.5) is 0 Å². The van der Waals surface area contributed by atoms with Crippen LogP contribution in [0.15, 0.2) is 35.1 Å². The molecule has 3 aliphatic rings. The van der Waals surface area contributed by atoms with Crippen molar-refractivity contribution in [3.8, 4) is 0 Å². The molecule has 1 aromatic heterocycles. The summed E-state index contributed by atoms with van der Waals surface area (Å²) in [7, 11) is 1.65. The average Bonchev–Trinajstić information content (AvgIpc) is 3.60. The molecule has 1 N–H and O–H groups in total. The standard InChI is InChI=1S/C29H37N5O4/c1-18-26(19(2)32(3)29(38)30-18)28(37)34-16-22-14-33(15-23(22)17-34)12-11-25(20-7-5-4-6-8-20)31-27(36)21-9-10-24(35)13-21/h4-8,21-23,25H,9-17H2,1-3H3,(H,31,36)/t21?,22?,23?,25-/m0/s1. The predicted octanol–water partition coefficient (Wildman–Crippen LogP) is 2.02. The summed E-state index contributed by atoms with van der Waals surface area (Å²) in [6.45, 7) is 7.64. The van der Waals surface area contributed by atoms with E-state index in [1.165, 1.54) is 4.57 Å². The fourth-order valence-corrected chi connectivity index (χ4v) is 6.40. The Kier molecular flexibility index (Phi) is 7.47. The minimum atomic E-state index is -0.341. The lowest BCUT2D eigenvalue weighted by Crippen LogP contribution is -2.37. The second-order valence-corrected chi connectivity index (χ2v) is 11.2. The molecule has 4 atom stereocenters. The number of hydrogen-bond donors (Lipinski definition) is 1. The van der Waals surface area contributed by atoms with Gasteiger partial charge in [-0.15, -0.1) is 0 Å². The molecule has 38 heavy (non-hydrogen) atoms. The van der Waals surface area contributed by atoms with Gasteiger partial charge in [-0.1, -0.05) is 30.3 Å². The van der Waals surface area contributed by atoms with Gasteiger partial charge < -0.3 is 15.1 Å². The van der Waals surface area contributed by atoms with Gasteiger partial charge >= 0.3 is 5.69 Å². The number of carbonyl (C=O) groups excluding carboxylic acids is 3. The van der Waals surface area contributed by atoms with E-state index in [1.54, 1.807) is 20.9 Å². The second-order valence-electron chi connectivity index (χ2n) is 11.2. The van der Waals surface area contributed by atoms with Crippen molar-refractivity contribution >= 4 is 17.6 Å². The molecule has 1 aromatic carbocycles. The van der Waals surface area contributed by atoms with E-state index >= 15 is 0 Å². The normalized spacial score (nSPS) is 24.0. The Bertz CT molecular complexity index is 1280. The molecule has 5 rings (SSSR count). The van der Waals surface area contributed by atoms with Crippen molar-refractivity contribution < 1.29 is 14.4 Å². The number of benzene rings is 1. The van der Waals surface area contributed by atoms with E-state index in [1.807, 2.05) is 35.2 Å². The first-order valence-electron chi connectivity index (χ1n) is 13.6. The summed E-state index contributed by atoms with van der Waals surface area (Å²) in [4.78, 5) is 58.3. The highest BCUT2D eigenvalue weighted by Gasteiger charge is 2.42. The molecule has 2 aliphatic heterocycles. The Labute approximate surface area is 223 Å². The van der Waals surface area contributed by atoms with Crippen LogP contribution in [0.1, 0.15) is 59.0 Å². The monoisotopic (exact) mass is 519 g/mol. The fraction of sp³-hybridized carbons (Fsp3) is 0.552. The topological polar surface area (TPSA) is 105 Å². The van der Waals surface area contributed by atoms with E-state index in [2.05, 4.69) is 15.2 Å². The lowest BCUT2D eigenvalue weighted by molar-refractivity contribution is -0.127. The van der Waals surface area contributed by atoms with Gasteiger partial charge in [-0.3, -0.25) is 19.0 Å². The molecule has 2 saturated heterocycles. The van der Waals surface area contributed by atoms with Crippen molar-refractivity contribution in [1.82, 2.24) is 24.7 Å². The second kappa shape index (κ2) is 10.8. The first-order chi connectivity index (χ1) is 18.2. The van der Waals surface area contributed by atoms with Crippen LogP contribution in [-0.2, 0) is 16.6 Å². The highest BCUT2D eigenvalue weighted by atomic mass is 16.2. The quantitative estimate of drug-likeness (QED) is 0.600.